The van der Waals surface area contributed by atoms with Crippen molar-refractivity contribution in [1.29, 1.82) is 0 Å². The van der Waals surface area contributed by atoms with Gasteiger partial charge in [-0.05, 0) is 31.6 Å². The fourth-order valence-corrected chi connectivity index (χ4v) is 5.07. The van der Waals surface area contributed by atoms with Crippen LogP contribution < -0.4 is 0 Å². The molecule has 1 saturated carbocycles. The van der Waals surface area contributed by atoms with Crippen molar-refractivity contribution in [2.45, 2.75) is 49.7 Å². The summed E-state index contributed by atoms with van der Waals surface area (Å²) < 4.78 is 52.2. The Balaban J connectivity index is 1.37. The number of carbonyl (C=O) groups excluding carboxylic acids is 1. The topological polar surface area (TPSA) is 60.2 Å². The number of nitrogens with zero attached hydrogens (tertiary/aromatic N) is 2. The molecule has 1 atom stereocenters. The molecule has 0 radical (unpaired) electrons. The Kier molecular flexibility index (Phi) is 6.67. The molecular weight excluding hydrogens is 417 g/mol. The van der Waals surface area contributed by atoms with Gasteiger partial charge >= 0.3 is 0 Å². The number of hydrogen-bond donors (Lipinski definition) is 0. The molecular formula is C21H25F3N2O3S. The van der Waals surface area contributed by atoms with E-state index < -0.39 is 23.6 Å². The van der Waals surface area contributed by atoms with Gasteiger partial charge in [-0.3, -0.25) is 4.79 Å². The van der Waals surface area contributed by atoms with Crippen molar-refractivity contribution in [3.05, 3.63) is 23.7 Å². The monoisotopic (exact) mass is 442 g/mol. The van der Waals surface area contributed by atoms with Gasteiger partial charge in [-0.2, -0.15) is 16.8 Å². The molecule has 2 aliphatic heterocycles. The Morgan fingerprint density at radius 3 is 2.60 bits per heavy atom. The Hall–Kier alpha value is -1.61. The summed E-state index contributed by atoms with van der Waals surface area (Å²) in [7, 11) is 0. The van der Waals surface area contributed by atoms with Crippen LogP contribution in [0.2, 0.25) is 0 Å². The minimum absolute atomic E-state index is 0.0947. The summed E-state index contributed by atoms with van der Waals surface area (Å²) in [6, 6.07) is 0. The van der Waals surface area contributed by atoms with Crippen LogP contribution in [0.5, 0.6) is 0 Å². The molecule has 0 spiro atoms. The molecule has 0 aromatic rings. The highest BCUT2D eigenvalue weighted by molar-refractivity contribution is 8.00. The van der Waals surface area contributed by atoms with E-state index in [0.717, 1.165) is 12.8 Å². The molecule has 0 bridgehead atoms. The Labute approximate surface area is 177 Å². The van der Waals surface area contributed by atoms with E-state index >= 15 is 0 Å². The lowest BCUT2D eigenvalue weighted by Gasteiger charge is -2.28. The van der Waals surface area contributed by atoms with E-state index in [1.54, 1.807) is 6.08 Å². The zero-order valence-corrected chi connectivity index (χ0v) is 17.4. The van der Waals surface area contributed by atoms with Gasteiger partial charge in [0.2, 0.25) is 5.92 Å². The maximum atomic E-state index is 14.5. The number of allylic oxidation sites excluding steroid dienone is 2. The molecule has 2 aliphatic carbocycles. The molecule has 1 amide bonds. The first-order valence-corrected chi connectivity index (χ1v) is 11.4. The van der Waals surface area contributed by atoms with Crippen molar-refractivity contribution in [2.75, 3.05) is 25.6 Å². The molecule has 5 nitrogen and oxygen atoms in total. The highest BCUT2D eigenvalue weighted by Crippen LogP contribution is 2.38. The minimum atomic E-state index is -2.57. The van der Waals surface area contributed by atoms with Crippen molar-refractivity contribution in [3.8, 4) is 0 Å². The van der Waals surface area contributed by atoms with E-state index in [-0.39, 0.29) is 18.1 Å². The Morgan fingerprint density at radius 2 is 1.87 bits per heavy atom. The number of thioether (sulfide) groups is 1. The first-order chi connectivity index (χ1) is 14.4. The minimum Gasteiger partial charge on any atom is -0.493 e. The van der Waals surface area contributed by atoms with Crippen molar-refractivity contribution in [3.63, 3.8) is 0 Å². The van der Waals surface area contributed by atoms with Crippen LogP contribution in [0.15, 0.2) is 33.7 Å². The van der Waals surface area contributed by atoms with Crippen LogP contribution in [-0.4, -0.2) is 54.2 Å². The summed E-state index contributed by atoms with van der Waals surface area (Å²) in [6.07, 6.45) is 5.28. The van der Waals surface area contributed by atoms with Gasteiger partial charge in [-0.15, -0.1) is 0 Å². The van der Waals surface area contributed by atoms with Crippen LogP contribution >= 0.6 is 11.8 Å². The fourth-order valence-electron chi connectivity index (χ4n) is 3.99. The number of halogens is 3. The predicted octanol–water partition coefficient (Wildman–Crippen LogP) is 4.49. The molecule has 30 heavy (non-hydrogen) atoms. The average molecular weight is 443 g/mol. The number of rotatable bonds is 6. The maximum Gasteiger partial charge on any atom is 0.263 e. The second kappa shape index (κ2) is 9.26. The van der Waals surface area contributed by atoms with Gasteiger partial charge in [0.25, 0.3) is 5.91 Å². The molecule has 9 heteroatoms. The van der Waals surface area contributed by atoms with E-state index in [1.165, 1.54) is 17.8 Å². The molecule has 4 aliphatic rings. The molecule has 2 heterocycles. The Morgan fingerprint density at radius 1 is 1.13 bits per heavy atom. The van der Waals surface area contributed by atoms with Crippen LogP contribution in [0.4, 0.5) is 13.2 Å². The number of amides is 1. The fraction of sp³-hybridized carbons (Fsp3) is 0.667. The summed E-state index contributed by atoms with van der Waals surface area (Å²) in [5.41, 5.74) is 0.294. The summed E-state index contributed by atoms with van der Waals surface area (Å²) in [5, 5.41) is 0.0947. The normalized spacial score (nSPS) is 27.6. The van der Waals surface area contributed by atoms with E-state index in [4.69, 9.17) is 9.47 Å². The molecule has 1 unspecified atom stereocenters. The van der Waals surface area contributed by atoms with Crippen molar-refractivity contribution >= 4 is 29.2 Å². The van der Waals surface area contributed by atoms with Crippen LogP contribution in [-0.2, 0) is 14.3 Å². The van der Waals surface area contributed by atoms with E-state index in [0.29, 0.717) is 61.6 Å². The van der Waals surface area contributed by atoms with E-state index in [2.05, 4.69) is 9.98 Å². The standard InChI is InChI=1S/C21H25F3N2O3S/c22-16-9-14(29-11-13-3-7-28-8-4-13)10-17-19(16)20(27)26-18(25-17)12-30-15-1-5-21(23,24)6-2-15/h9-10,13,15,19H,1-8,11-12H2. The van der Waals surface area contributed by atoms with Gasteiger partial charge in [-0.1, -0.05) is 0 Å². The third-order valence-corrected chi connectivity index (χ3v) is 7.19. The second-order valence-electron chi connectivity index (χ2n) is 8.14. The molecule has 1 saturated heterocycles. The Bertz CT molecular complexity index is 793. The molecule has 0 aromatic heterocycles. The average Bonchev–Trinajstić information content (AvgIpc) is 2.72. The lowest BCUT2D eigenvalue weighted by atomic mass is 9.94. The van der Waals surface area contributed by atoms with Crippen molar-refractivity contribution in [2.24, 2.45) is 21.8 Å². The summed E-state index contributed by atoms with van der Waals surface area (Å²) >= 11 is 1.48. The van der Waals surface area contributed by atoms with Crippen molar-refractivity contribution < 1.29 is 27.4 Å². The van der Waals surface area contributed by atoms with Gasteiger partial charge in [0.1, 0.15) is 23.3 Å². The van der Waals surface area contributed by atoms with Crippen LogP contribution in [0.25, 0.3) is 0 Å². The number of ether oxygens (including phenoxy) is 2. The van der Waals surface area contributed by atoms with Crippen LogP contribution in [0, 0.1) is 11.8 Å². The highest BCUT2D eigenvalue weighted by Gasteiger charge is 2.37. The summed E-state index contributed by atoms with van der Waals surface area (Å²) in [5.74, 6) is -3.51. The van der Waals surface area contributed by atoms with E-state index in [9.17, 15) is 18.0 Å². The molecule has 0 aromatic carbocycles. The number of carbonyl (C=O) groups is 1. The number of alkyl halides is 2. The summed E-state index contributed by atoms with van der Waals surface area (Å²) in [6.45, 7) is 1.88. The molecule has 164 valence electrons. The first kappa shape index (κ1) is 21.6. The zero-order chi connectivity index (χ0) is 21.1. The number of hydrogen-bond acceptors (Lipinski definition) is 5. The first-order valence-electron chi connectivity index (χ1n) is 10.4. The van der Waals surface area contributed by atoms with Gasteiger partial charge in [0.05, 0.1) is 18.1 Å². The number of fused-ring (bicyclic) bond motifs is 1. The number of aliphatic imine (C=N–C) groups is 2. The SMILES string of the molecule is O=C1N=C(CSC2CCC(F)(F)CC2)N=C2C=C(OCC3CCOCC3)C=C(F)C12. The van der Waals surface area contributed by atoms with Gasteiger partial charge in [0, 0.05) is 43.5 Å². The van der Waals surface area contributed by atoms with Crippen LogP contribution in [0.1, 0.15) is 38.5 Å². The third-order valence-electron chi connectivity index (χ3n) is 5.83. The van der Waals surface area contributed by atoms with Gasteiger partial charge in [-0.25, -0.2) is 18.2 Å². The second-order valence-corrected chi connectivity index (χ2v) is 9.43. The maximum absolute atomic E-state index is 14.5. The highest BCUT2D eigenvalue weighted by atomic mass is 32.2. The smallest absolute Gasteiger partial charge is 0.263 e. The molecule has 0 N–H and O–H groups in total. The molecule has 2 fully saturated rings. The van der Waals surface area contributed by atoms with Gasteiger partial charge in [0.15, 0.2) is 0 Å². The lowest BCUT2D eigenvalue weighted by Crippen LogP contribution is -2.31. The zero-order valence-electron chi connectivity index (χ0n) is 16.6. The van der Waals surface area contributed by atoms with Crippen molar-refractivity contribution in [1.82, 2.24) is 0 Å². The van der Waals surface area contributed by atoms with Crippen LogP contribution in [0.3, 0.4) is 0 Å². The van der Waals surface area contributed by atoms with E-state index in [1.807, 2.05) is 0 Å². The largest absolute Gasteiger partial charge is 0.493 e. The lowest BCUT2D eigenvalue weighted by molar-refractivity contribution is -0.119. The number of amidine groups is 1. The quantitative estimate of drug-likeness (QED) is 0.608. The summed E-state index contributed by atoms with van der Waals surface area (Å²) in [4.78, 5) is 20.7. The molecule has 4 rings (SSSR count). The third kappa shape index (κ3) is 5.35. The van der Waals surface area contributed by atoms with Gasteiger partial charge < -0.3 is 9.47 Å². The predicted molar refractivity (Wildman–Crippen MR) is 110 cm³/mol.